The summed E-state index contributed by atoms with van der Waals surface area (Å²) in [6.07, 6.45) is 1.76. The molecule has 0 atom stereocenters. The zero-order valence-electron chi connectivity index (χ0n) is 7.35. The Morgan fingerprint density at radius 2 is 1.50 bits per heavy atom. The predicted molar refractivity (Wildman–Crippen MR) is 52.1 cm³/mol. The van der Waals surface area contributed by atoms with Crippen molar-refractivity contribution < 1.29 is 19.8 Å². The minimum Gasteiger partial charge on any atom is -0.478 e. The summed E-state index contributed by atoms with van der Waals surface area (Å²) < 4.78 is 0. The Bertz CT molecular complexity index is 354. The highest BCUT2D eigenvalue weighted by Gasteiger charge is 2.10. The van der Waals surface area contributed by atoms with Crippen LogP contribution in [0.4, 0.5) is 0 Å². The van der Waals surface area contributed by atoms with Crippen LogP contribution < -0.4 is 0 Å². The smallest absolute Gasteiger partial charge is 0.335 e. The number of thioether (sulfide) groups is 1. The van der Waals surface area contributed by atoms with Crippen LogP contribution in [-0.4, -0.2) is 28.4 Å². The summed E-state index contributed by atoms with van der Waals surface area (Å²) in [5, 5.41) is 17.4. The minimum atomic E-state index is -1.12. The SMILES string of the molecule is CSc1cc(C(=O)O)cc(C(=O)O)c1. The van der Waals surface area contributed by atoms with Crippen LogP contribution >= 0.6 is 11.8 Å². The average Bonchev–Trinajstić information content (AvgIpc) is 2.16. The lowest BCUT2D eigenvalue weighted by molar-refractivity contribution is 0.0696. The summed E-state index contributed by atoms with van der Waals surface area (Å²) in [5.74, 6) is -2.24. The maximum Gasteiger partial charge on any atom is 0.335 e. The minimum absolute atomic E-state index is 0.00532. The van der Waals surface area contributed by atoms with Crippen molar-refractivity contribution in [3.8, 4) is 0 Å². The molecule has 0 aliphatic carbocycles. The van der Waals surface area contributed by atoms with Crippen molar-refractivity contribution in [1.29, 1.82) is 0 Å². The summed E-state index contributed by atoms with van der Waals surface area (Å²) in [6.45, 7) is 0. The van der Waals surface area contributed by atoms with Gasteiger partial charge in [-0.05, 0) is 24.5 Å². The summed E-state index contributed by atoms with van der Waals surface area (Å²) in [5.41, 5.74) is -0.0106. The van der Waals surface area contributed by atoms with Crippen LogP contribution in [0.1, 0.15) is 20.7 Å². The molecule has 0 aliphatic rings. The van der Waals surface area contributed by atoms with Crippen LogP contribution in [0.15, 0.2) is 23.1 Å². The molecule has 14 heavy (non-hydrogen) atoms. The molecule has 0 aliphatic heterocycles. The molecule has 1 rings (SSSR count). The van der Waals surface area contributed by atoms with Gasteiger partial charge < -0.3 is 10.2 Å². The van der Waals surface area contributed by atoms with Crippen molar-refractivity contribution in [1.82, 2.24) is 0 Å². The molecule has 0 saturated carbocycles. The molecular formula is C9H8O4S. The number of benzene rings is 1. The number of hydrogen-bond acceptors (Lipinski definition) is 3. The van der Waals surface area contributed by atoms with Crippen molar-refractivity contribution in [2.45, 2.75) is 4.90 Å². The van der Waals surface area contributed by atoms with E-state index >= 15 is 0 Å². The zero-order chi connectivity index (χ0) is 10.7. The second kappa shape index (κ2) is 4.15. The van der Waals surface area contributed by atoms with E-state index in [2.05, 4.69) is 0 Å². The largest absolute Gasteiger partial charge is 0.478 e. The molecule has 1 aromatic carbocycles. The van der Waals surface area contributed by atoms with Crippen molar-refractivity contribution >= 4 is 23.7 Å². The van der Waals surface area contributed by atoms with Crippen LogP contribution in [0, 0.1) is 0 Å². The number of hydrogen-bond donors (Lipinski definition) is 2. The molecular weight excluding hydrogens is 204 g/mol. The van der Waals surface area contributed by atoms with Crippen molar-refractivity contribution in [2.24, 2.45) is 0 Å². The first-order chi connectivity index (χ1) is 6.54. The standard InChI is InChI=1S/C9H8O4S/c1-14-7-3-5(8(10)11)2-6(4-7)9(12)13/h2-4H,1H3,(H,10,11)(H,12,13). The van der Waals surface area contributed by atoms with E-state index in [-0.39, 0.29) is 11.1 Å². The van der Waals surface area contributed by atoms with Gasteiger partial charge in [0, 0.05) is 4.90 Å². The normalized spacial score (nSPS) is 9.79. The fraction of sp³-hybridized carbons (Fsp3) is 0.111. The van der Waals surface area contributed by atoms with E-state index in [4.69, 9.17) is 10.2 Å². The number of aromatic carboxylic acids is 2. The molecule has 0 amide bonds. The molecule has 1 aromatic rings. The summed E-state index contributed by atoms with van der Waals surface area (Å²) in [6, 6.07) is 4.03. The van der Waals surface area contributed by atoms with Crippen LogP contribution in [0.3, 0.4) is 0 Å². The van der Waals surface area contributed by atoms with Gasteiger partial charge in [-0.15, -0.1) is 11.8 Å². The fourth-order valence-corrected chi connectivity index (χ4v) is 1.45. The van der Waals surface area contributed by atoms with Gasteiger partial charge in [0.25, 0.3) is 0 Å². The van der Waals surface area contributed by atoms with Gasteiger partial charge in [0.1, 0.15) is 0 Å². The van der Waals surface area contributed by atoms with Gasteiger partial charge in [0.2, 0.25) is 0 Å². The number of carbonyl (C=O) groups is 2. The Morgan fingerprint density at radius 1 is 1.07 bits per heavy atom. The third-order valence-electron chi connectivity index (χ3n) is 1.64. The van der Waals surface area contributed by atoms with E-state index in [1.165, 1.54) is 23.9 Å². The zero-order valence-corrected chi connectivity index (χ0v) is 8.17. The fourth-order valence-electron chi connectivity index (χ4n) is 0.964. The number of rotatable bonds is 3. The highest BCUT2D eigenvalue weighted by molar-refractivity contribution is 7.98. The van der Waals surface area contributed by atoms with Gasteiger partial charge in [-0.25, -0.2) is 9.59 Å². The van der Waals surface area contributed by atoms with Crippen LogP contribution in [0.2, 0.25) is 0 Å². The molecule has 74 valence electrons. The Kier molecular flexibility index (Phi) is 3.14. The molecule has 2 N–H and O–H groups in total. The van der Waals surface area contributed by atoms with Crippen LogP contribution in [0.25, 0.3) is 0 Å². The molecule has 0 fully saturated rings. The molecule has 0 spiro atoms. The average molecular weight is 212 g/mol. The molecule has 0 saturated heterocycles. The van der Waals surface area contributed by atoms with Crippen LogP contribution in [0.5, 0.6) is 0 Å². The molecule has 0 unspecified atom stereocenters. The second-order valence-corrected chi connectivity index (χ2v) is 3.44. The Labute approximate surface area is 84.6 Å². The van der Waals surface area contributed by atoms with Crippen molar-refractivity contribution in [3.63, 3.8) is 0 Å². The first-order valence-corrected chi connectivity index (χ1v) is 4.92. The number of carboxylic acids is 2. The monoisotopic (exact) mass is 212 g/mol. The second-order valence-electron chi connectivity index (χ2n) is 2.56. The molecule has 0 heterocycles. The van der Waals surface area contributed by atoms with E-state index in [0.29, 0.717) is 4.90 Å². The molecule has 4 nitrogen and oxygen atoms in total. The molecule has 0 bridgehead atoms. The van der Waals surface area contributed by atoms with Gasteiger partial charge in [-0.2, -0.15) is 0 Å². The third kappa shape index (κ3) is 2.26. The third-order valence-corrected chi connectivity index (χ3v) is 2.34. The van der Waals surface area contributed by atoms with Gasteiger partial charge in [0.15, 0.2) is 0 Å². The highest BCUT2D eigenvalue weighted by Crippen LogP contribution is 2.19. The lowest BCUT2D eigenvalue weighted by Gasteiger charge is -2.01. The highest BCUT2D eigenvalue weighted by atomic mass is 32.2. The predicted octanol–water partition coefficient (Wildman–Crippen LogP) is 1.80. The van der Waals surface area contributed by atoms with Crippen molar-refractivity contribution in [3.05, 3.63) is 29.3 Å². The van der Waals surface area contributed by atoms with Gasteiger partial charge >= 0.3 is 11.9 Å². The topological polar surface area (TPSA) is 74.6 Å². The summed E-state index contributed by atoms with van der Waals surface area (Å²) in [4.78, 5) is 21.9. The lowest BCUT2D eigenvalue weighted by Crippen LogP contribution is -2.02. The quantitative estimate of drug-likeness (QED) is 0.747. The van der Waals surface area contributed by atoms with E-state index in [9.17, 15) is 9.59 Å². The number of carboxylic acid groups (broad SMARTS) is 2. The summed E-state index contributed by atoms with van der Waals surface area (Å²) in [7, 11) is 0. The van der Waals surface area contributed by atoms with E-state index in [1.54, 1.807) is 6.26 Å². The van der Waals surface area contributed by atoms with Gasteiger partial charge in [0.05, 0.1) is 11.1 Å². The summed E-state index contributed by atoms with van der Waals surface area (Å²) >= 11 is 1.31. The lowest BCUT2D eigenvalue weighted by atomic mass is 10.1. The van der Waals surface area contributed by atoms with Crippen molar-refractivity contribution in [2.75, 3.05) is 6.26 Å². The maximum atomic E-state index is 10.6. The van der Waals surface area contributed by atoms with E-state index in [0.717, 1.165) is 6.07 Å². The maximum absolute atomic E-state index is 10.6. The Balaban J connectivity index is 3.27. The molecule has 5 heteroatoms. The first-order valence-electron chi connectivity index (χ1n) is 3.70. The molecule has 0 radical (unpaired) electrons. The van der Waals surface area contributed by atoms with Gasteiger partial charge in [-0.1, -0.05) is 0 Å². The first kappa shape index (κ1) is 10.6. The van der Waals surface area contributed by atoms with Crippen LogP contribution in [-0.2, 0) is 0 Å². The van der Waals surface area contributed by atoms with E-state index < -0.39 is 11.9 Å². The van der Waals surface area contributed by atoms with Gasteiger partial charge in [-0.3, -0.25) is 0 Å². The van der Waals surface area contributed by atoms with E-state index in [1.807, 2.05) is 0 Å². The molecule has 0 aromatic heterocycles. The Hall–Kier alpha value is -1.49. The Morgan fingerprint density at radius 3 is 1.79 bits per heavy atom.